The Bertz CT molecular complexity index is 335. The Morgan fingerprint density at radius 1 is 1.22 bits per heavy atom. The highest BCUT2D eigenvalue weighted by Crippen LogP contribution is 2.30. The second-order valence-corrected chi connectivity index (χ2v) is 5.72. The van der Waals surface area contributed by atoms with Gasteiger partial charge in [0.2, 0.25) is 0 Å². The third-order valence-electron chi connectivity index (χ3n) is 4.50. The molecule has 5 heteroatoms. The van der Waals surface area contributed by atoms with Crippen LogP contribution < -0.4 is 5.32 Å². The second kappa shape index (κ2) is 5.16. The van der Waals surface area contributed by atoms with Crippen LogP contribution in [-0.4, -0.2) is 41.1 Å². The first-order valence-electron chi connectivity index (χ1n) is 6.77. The van der Waals surface area contributed by atoms with Crippen LogP contribution in [0.15, 0.2) is 0 Å². The van der Waals surface area contributed by atoms with Crippen molar-refractivity contribution in [1.82, 2.24) is 10.2 Å². The molecule has 0 aromatic carbocycles. The summed E-state index contributed by atoms with van der Waals surface area (Å²) in [6, 6.07) is 0.199. The number of nitrogens with zero attached hydrogens (tertiary/aromatic N) is 1. The second-order valence-electron chi connectivity index (χ2n) is 5.72. The van der Waals surface area contributed by atoms with Gasteiger partial charge in [-0.25, -0.2) is 4.79 Å². The smallest absolute Gasteiger partial charge is 0.317 e. The molecule has 2 fully saturated rings. The first kappa shape index (κ1) is 13.2. The van der Waals surface area contributed by atoms with Gasteiger partial charge in [0.1, 0.15) is 0 Å². The van der Waals surface area contributed by atoms with Crippen molar-refractivity contribution in [2.45, 2.75) is 39.2 Å². The van der Waals surface area contributed by atoms with Crippen LogP contribution in [-0.2, 0) is 4.79 Å². The van der Waals surface area contributed by atoms with Crippen LogP contribution in [0.25, 0.3) is 0 Å². The molecule has 2 amide bonds. The number of urea groups is 1. The standard InChI is InChI=1S/C13H22N2O3/c1-8(12(16)17)11-6-15(7-11)13(18)14-9(2)10-4-3-5-10/h8-11H,3-7H2,1-2H3,(H,14,18)(H,16,17). The van der Waals surface area contributed by atoms with E-state index in [9.17, 15) is 9.59 Å². The van der Waals surface area contributed by atoms with Crippen LogP contribution in [0.3, 0.4) is 0 Å². The summed E-state index contributed by atoms with van der Waals surface area (Å²) in [5.41, 5.74) is 0. The monoisotopic (exact) mass is 254 g/mol. The van der Waals surface area contributed by atoms with Gasteiger partial charge in [-0.05, 0) is 25.7 Å². The van der Waals surface area contributed by atoms with Crippen molar-refractivity contribution in [3.05, 3.63) is 0 Å². The van der Waals surface area contributed by atoms with Gasteiger partial charge < -0.3 is 15.3 Å². The molecule has 2 N–H and O–H groups in total. The number of hydrogen-bond donors (Lipinski definition) is 2. The zero-order valence-electron chi connectivity index (χ0n) is 11.1. The number of carbonyl (C=O) groups is 2. The molecule has 2 atom stereocenters. The Labute approximate surface area is 108 Å². The molecule has 102 valence electrons. The first-order valence-corrected chi connectivity index (χ1v) is 6.77. The van der Waals surface area contributed by atoms with Crippen LogP contribution in [0.5, 0.6) is 0 Å². The number of likely N-dealkylation sites (tertiary alicyclic amines) is 1. The molecular formula is C13H22N2O3. The lowest BCUT2D eigenvalue weighted by atomic mass is 9.80. The topological polar surface area (TPSA) is 69.6 Å². The van der Waals surface area contributed by atoms with Gasteiger partial charge in [0, 0.05) is 25.0 Å². The Hall–Kier alpha value is -1.26. The van der Waals surface area contributed by atoms with Crippen molar-refractivity contribution in [3.63, 3.8) is 0 Å². The van der Waals surface area contributed by atoms with E-state index < -0.39 is 5.97 Å². The first-order chi connectivity index (χ1) is 8.49. The summed E-state index contributed by atoms with van der Waals surface area (Å²) in [6.07, 6.45) is 3.69. The molecular weight excluding hydrogens is 232 g/mol. The highest BCUT2D eigenvalue weighted by atomic mass is 16.4. The molecule has 1 heterocycles. The van der Waals surface area contributed by atoms with E-state index in [1.54, 1.807) is 11.8 Å². The lowest BCUT2D eigenvalue weighted by Crippen LogP contribution is -2.58. The molecule has 5 nitrogen and oxygen atoms in total. The van der Waals surface area contributed by atoms with Crippen molar-refractivity contribution < 1.29 is 14.7 Å². The van der Waals surface area contributed by atoms with E-state index in [-0.39, 0.29) is 23.9 Å². The van der Waals surface area contributed by atoms with Gasteiger partial charge >= 0.3 is 12.0 Å². The number of amides is 2. The molecule has 1 saturated heterocycles. The normalized spacial score (nSPS) is 23.8. The van der Waals surface area contributed by atoms with Gasteiger partial charge in [-0.1, -0.05) is 13.3 Å². The Morgan fingerprint density at radius 2 is 1.83 bits per heavy atom. The van der Waals surface area contributed by atoms with Crippen LogP contribution in [0, 0.1) is 17.8 Å². The molecule has 0 aromatic heterocycles. The van der Waals surface area contributed by atoms with Gasteiger partial charge in [0.25, 0.3) is 0 Å². The zero-order valence-corrected chi connectivity index (χ0v) is 11.1. The fraction of sp³-hybridized carbons (Fsp3) is 0.846. The summed E-state index contributed by atoms with van der Waals surface area (Å²) in [6.45, 7) is 4.89. The lowest BCUT2D eigenvalue weighted by molar-refractivity contribution is -0.144. The highest BCUT2D eigenvalue weighted by Gasteiger charge is 2.38. The summed E-state index contributed by atoms with van der Waals surface area (Å²) in [4.78, 5) is 24.4. The third-order valence-corrected chi connectivity index (χ3v) is 4.50. The van der Waals surface area contributed by atoms with Crippen LogP contribution in [0.1, 0.15) is 33.1 Å². The highest BCUT2D eigenvalue weighted by molar-refractivity contribution is 5.76. The minimum atomic E-state index is -0.775. The number of nitrogens with one attached hydrogen (secondary N) is 1. The average Bonchev–Trinajstić information content (AvgIpc) is 2.11. The molecule has 2 rings (SSSR count). The van der Waals surface area contributed by atoms with E-state index in [0.29, 0.717) is 19.0 Å². The quantitative estimate of drug-likeness (QED) is 0.799. The van der Waals surface area contributed by atoms with E-state index in [2.05, 4.69) is 12.2 Å². The zero-order chi connectivity index (χ0) is 13.3. The number of aliphatic carboxylic acids is 1. The summed E-state index contributed by atoms with van der Waals surface area (Å²) in [5.74, 6) is -0.405. The van der Waals surface area contributed by atoms with Gasteiger partial charge in [-0.3, -0.25) is 4.79 Å². The van der Waals surface area contributed by atoms with E-state index in [1.807, 2.05) is 0 Å². The van der Waals surface area contributed by atoms with Crippen molar-refractivity contribution in [2.24, 2.45) is 17.8 Å². The van der Waals surface area contributed by atoms with Crippen molar-refractivity contribution in [1.29, 1.82) is 0 Å². The van der Waals surface area contributed by atoms with Gasteiger partial charge in [0.05, 0.1) is 5.92 Å². The van der Waals surface area contributed by atoms with Crippen molar-refractivity contribution in [2.75, 3.05) is 13.1 Å². The maximum absolute atomic E-state index is 11.9. The molecule has 2 aliphatic rings. The fourth-order valence-electron chi connectivity index (χ4n) is 2.54. The molecule has 2 unspecified atom stereocenters. The van der Waals surface area contributed by atoms with E-state index in [0.717, 1.165) is 0 Å². The Balaban J connectivity index is 1.71. The Morgan fingerprint density at radius 3 is 2.28 bits per heavy atom. The maximum Gasteiger partial charge on any atom is 0.317 e. The summed E-state index contributed by atoms with van der Waals surface area (Å²) < 4.78 is 0. The molecule has 0 bridgehead atoms. The number of rotatable bonds is 4. The SMILES string of the molecule is CC(NC(=O)N1CC(C(C)C(=O)O)C1)C1CCC1. The third kappa shape index (κ3) is 2.60. The predicted octanol–water partition coefficient (Wildman–Crippen LogP) is 1.54. The fourth-order valence-corrected chi connectivity index (χ4v) is 2.54. The van der Waals surface area contributed by atoms with Crippen LogP contribution >= 0.6 is 0 Å². The lowest BCUT2D eigenvalue weighted by Gasteiger charge is -2.42. The molecule has 0 spiro atoms. The number of hydrogen-bond acceptors (Lipinski definition) is 2. The minimum Gasteiger partial charge on any atom is -0.481 e. The molecule has 0 radical (unpaired) electrons. The van der Waals surface area contributed by atoms with E-state index in [4.69, 9.17) is 5.11 Å². The molecule has 18 heavy (non-hydrogen) atoms. The van der Waals surface area contributed by atoms with Crippen molar-refractivity contribution in [3.8, 4) is 0 Å². The van der Waals surface area contributed by atoms with Crippen molar-refractivity contribution >= 4 is 12.0 Å². The molecule has 1 aliphatic heterocycles. The van der Waals surface area contributed by atoms with Crippen LogP contribution in [0.2, 0.25) is 0 Å². The number of carboxylic acid groups (broad SMARTS) is 1. The van der Waals surface area contributed by atoms with E-state index in [1.165, 1.54) is 19.3 Å². The van der Waals surface area contributed by atoms with Gasteiger partial charge in [-0.2, -0.15) is 0 Å². The average molecular weight is 254 g/mol. The molecule has 1 aliphatic carbocycles. The summed E-state index contributed by atoms with van der Waals surface area (Å²) in [7, 11) is 0. The summed E-state index contributed by atoms with van der Waals surface area (Å²) in [5, 5.41) is 11.9. The predicted molar refractivity (Wildman–Crippen MR) is 67.2 cm³/mol. The van der Waals surface area contributed by atoms with E-state index >= 15 is 0 Å². The summed E-state index contributed by atoms with van der Waals surface area (Å²) >= 11 is 0. The molecule has 0 aromatic rings. The number of carboxylic acids is 1. The minimum absolute atomic E-state index is 0.0387. The van der Waals surface area contributed by atoms with Gasteiger partial charge in [0.15, 0.2) is 0 Å². The van der Waals surface area contributed by atoms with Crippen LogP contribution in [0.4, 0.5) is 4.79 Å². The Kier molecular flexibility index (Phi) is 3.78. The number of carbonyl (C=O) groups excluding carboxylic acids is 1. The largest absolute Gasteiger partial charge is 0.481 e. The molecule has 1 saturated carbocycles. The van der Waals surface area contributed by atoms with Gasteiger partial charge in [-0.15, -0.1) is 0 Å². The maximum atomic E-state index is 11.9.